The van der Waals surface area contributed by atoms with Gasteiger partial charge in [-0.25, -0.2) is 9.97 Å². The van der Waals surface area contributed by atoms with Gasteiger partial charge >= 0.3 is 5.97 Å². The molecule has 2 aliphatic rings. The number of piperidine rings is 1. The van der Waals surface area contributed by atoms with Gasteiger partial charge in [-0.3, -0.25) is 23.9 Å². The molecular formula is C30H36N6O5. The van der Waals surface area contributed by atoms with Crippen LogP contribution in [0.5, 0.6) is 0 Å². The Balaban J connectivity index is 1.42. The number of hydrogen-bond acceptors (Lipinski definition) is 8. The van der Waals surface area contributed by atoms with E-state index in [1.54, 1.807) is 22.0 Å². The molecular weight excluding hydrogens is 524 g/mol. The highest BCUT2D eigenvalue weighted by molar-refractivity contribution is 6.07. The van der Waals surface area contributed by atoms with Crippen molar-refractivity contribution in [3.63, 3.8) is 0 Å². The molecule has 2 aromatic heterocycles. The van der Waals surface area contributed by atoms with Gasteiger partial charge in [0, 0.05) is 42.7 Å². The molecule has 0 spiro atoms. The van der Waals surface area contributed by atoms with Crippen molar-refractivity contribution in [2.75, 3.05) is 0 Å². The Hall–Kier alpha value is -3.99. The SMILES string of the molecule is CC(=O)c1nn(CC(=O)N2[C@H](C(=O)CC(C)C[C@H](N)C(=O)O)C[C@@]3(C)C[C@@H]23)c2c(C)cc(-c3cnc(C)nc3)cc12. The van der Waals surface area contributed by atoms with Crippen LogP contribution in [-0.4, -0.2) is 71.3 Å². The van der Waals surface area contributed by atoms with Gasteiger partial charge in [0.2, 0.25) is 5.91 Å². The average Bonchev–Trinajstić information content (AvgIpc) is 3.25. The number of likely N-dealkylation sites (tertiary alicyclic amines) is 1. The summed E-state index contributed by atoms with van der Waals surface area (Å²) in [6.07, 6.45) is 5.23. The third kappa shape index (κ3) is 5.38. The summed E-state index contributed by atoms with van der Waals surface area (Å²) in [4.78, 5) is 61.2. The number of hydrogen-bond donors (Lipinski definition) is 2. The lowest BCUT2D eigenvalue weighted by molar-refractivity contribution is -0.140. The minimum absolute atomic E-state index is 0.0242. The summed E-state index contributed by atoms with van der Waals surface area (Å²) in [7, 11) is 0. The first-order chi connectivity index (χ1) is 19.3. The van der Waals surface area contributed by atoms with Gasteiger partial charge in [-0.15, -0.1) is 0 Å². The number of fused-ring (bicyclic) bond motifs is 2. The molecule has 3 heterocycles. The highest BCUT2D eigenvalue weighted by atomic mass is 16.4. The number of carbonyl (C=O) groups is 4. The monoisotopic (exact) mass is 560 g/mol. The molecule has 5 rings (SSSR count). The van der Waals surface area contributed by atoms with Crippen LogP contribution in [0, 0.1) is 25.2 Å². The fourth-order valence-electron chi connectivity index (χ4n) is 6.33. The molecule has 5 atom stereocenters. The van der Waals surface area contributed by atoms with Crippen LogP contribution in [0.3, 0.4) is 0 Å². The van der Waals surface area contributed by atoms with E-state index >= 15 is 0 Å². The summed E-state index contributed by atoms with van der Waals surface area (Å²) in [6.45, 7) is 8.97. The van der Waals surface area contributed by atoms with Gasteiger partial charge in [0.05, 0.1) is 11.6 Å². The van der Waals surface area contributed by atoms with Crippen molar-refractivity contribution in [2.24, 2.45) is 17.1 Å². The van der Waals surface area contributed by atoms with Crippen molar-refractivity contribution >= 4 is 34.3 Å². The number of aromatic nitrogens is 4. The molecule has 1 saturated heterocycles. The van der Waals surface area contributed by atoms with E-state index < -0.39 is 18.1 Å². The number of carboxylic acid groups (broad SMARTS) is 1. The summed E-state index contributed by atoms with van der Waals surface area (Å²) >= 11 is 0. The Kier molecular flexibility index (Phi) is 7.27. The third-order valence-corrected chi connectivity index (χ3v) is 8.59. The number of ketones is 2. The zero-order valence-electron chi connectivity index (χ0n) is 24.0. The highest BCUT2D eigenvalue weighted by Gasteiger charge is 2.64. The second kappa shape index (κ2) is 10.4. The molecule has 1 aliphatic heterocycles. The van der Waals surface area contributed by atoms with Crippen molar-refractivity contribution < 1.29 is 24.3 Å². The van der Waals surface area contributed by atoms with E-state index in [0.717, 1.165) is 23.1 Å². The van der Waals surface area contributed by atoms with E-state index in [1.807, 2.05) is 32.9 Å². The smallest absolute Gasteiger partial charge is 0.320 e. The zero-order valence-corrected chi connectivity index (χ0v) is 24.0. The Labute approximate surface area is 238 Å². The van der Waals surface area contributed by atoms with Crippen LogP contribution in [0.2, 0.25) is 0 Å². The first-order valence-electron chi connectivity index (χ1n) is 13.9. The molecule has 3 aromatic rings. The number of benzene rings is 1. The van der Waals surface area contributed by atoms with Gasteiger partial charge in [-0.2, -0.15) is 5.10 Å². The van der Waals surface area contributed by atoms with Gasteiger partial charge in [0.1, 0.15) is 24.1 Å². The molecule has 3 N–H and O–H groups in total. The average molecular weight is 561 g/mol. The van der Waals surface area contributed by atoms with Crippen molar-refractivity contribution in [2.45, 2.75) is 85.0 Å². The second-order valence-corrected chi connectivity index (χ2v) is 12.1. The van der Waals surface area contributed by atoms with Gasteiger partial charge in [-0.05, 0) is 67.7 Å². The fraction of sp³-hybridized carbons (Fsp3) is 0.500. The van der Waals surface area contributed by atoms with E-state index in [0.29, 0.717) is 23.1 Å². The minimum atomic E-state index is -1.10. The predicted molar refractivity (Wildman–Crippen MR) is 151 cm³/mol. The van der Waals surface area contributed by atoms with Gasteiger partial charge in [0.25, 0.3) is 0 Å². The summed E-state index contributed by atoms with van der Waals surface area (Å²) in [5, 5.41) is 14.3. The number of amides is 1. The van der Waals surface area contributed by atoms with Crippen molar-refractivity contribution in [3.05, 3.63) is 41.6 Å². The number of rotatable bonds is 10. The third-order valence-electron chi connectivity index (χ3n) is 8.59. The Morgan fingerprint density at radius 1 is 1.12 bits per heavy atom. The molecule has 1 saturated carbocycles. The molecule has 2 fully saturated rings. The second-order valence-electron chi connectivity index (χ2n) is 12.1. The normalized spacial score (nSPS) is 22.8. The molecule has 41 heavy (non-hydrogen) atoms. The maximum atomic E-state index is 13.8. The van der Waals surface area contributed by atoms with Crippen LogP contribution < -0.4 is 5.73 Å². The van der Waals surface area contributed by atoms with Crippen LogP contribution in [0.4, 0.5) is 0 Å². The molecule has 216 valence electrons. The minimum Gasteiger partial charge on any atom is -0.480 e. The van der Waals surface area contributed by atoms with E-state index in [4.69, 9.17) is 10.8 Å². The predicted octanol–water partition coefficient (Wildman–Crippen LogP) is 3.09. The summed E-state index contributed by atoms with van der Waals surface area (Å²) in [5.74, 6) is -1.17. The zero-order chi connectivity index (χ0) is 29.8. The van der Waals surface area contributed by atoms with E-state index in [-0.39, 0.29) is 59.9 Å². The summed E-state index contributed by atoms with van der Waals surface area (Å²) < 4.78 is 1.58. The highest BCUT2D eigenvalue weighted by Crippen LogP contribution is 2.59. The first-order valence-corrected chi connectivity index (χ1v) is 13.9. The van der Waals surface area contributed by atoms with E-state index in [2.05, 4.69) is 22.0 Å². The maximum absolute atomic E-state index is 13.8. The van der Waals surface area contributed by atoms with E-state index in [1.165, 1.54) is 6.92 Å². The number of carboxylic acids is 1. The molecule has 1 amide bonds. The topological polar surface area (TPSA) is 161 Å². The molecule has 11 nitrogen and oxygen atoms in total. The number of Topliss-reactive ketones (excluding diaryl/α,β-unsaturated/α-hetero) is 2. The lowest BCUT2D eigenvalue weighted by Gasteiger charge is -2.28. The summed E-state index contributed by atoms with van der Waals surface area (Å²) in [5.41, 5.74) is 9.04. The van der Waals surface area contributed by atoms with Crippen LogP contribution in [0.1, 0.15) is 68.3 Å². The maximum Gasteiger partial charge on any atom is 0.320 e. The molecule has 0 radical (unpaired) electrons. The number of nitrogens with two attached hydrogens (primary N) is 1. The molecule has 0 bridgehead atoms. The Morgan fingerprint density at radius 2 is 1.80 bits per heavy atom. The number of carbonyl (C=O) groups excluding carboxylic acids is 3. The lowest BCUT2D eigenvalue weighted by Crippen LogP contribution is -2.45. The first kappa shape index (κ1) is 28.5. The van der Waals surface area contributed by atoms with Crippen molar-refractivity contribution in [3.8, 4) is 11.1 Å². The molecule has 11 heteroatoms. The van der Waals surface area contributed by atoms with Crippen LogP contribution in [0.25, 0.3) is 22.0 Å². The lowest BCUT2D eigenvalue weighted by atomic mass is 9.91. The van der Waals surface area contributed by atoms with Crippen LogP contribution in [-0.2, 0) is 20.9 Å². The van der Waals surface area contributed by atoms with Crippen molar-refractivity contribution in [1.29, 1.82) is 0 Å². The standard InChI is InChI=1S/C30H36N6O5/c1-15(6-22(31)29(40)41)7-24(38)23-10-30(5)11-25(30)36(23)26(39)14-35-28-16(2)8-19(20-12-32-18(4)33-13-20)9-21(28)27(34-35)17(3)37/h8-9,12-13,15,22-23,25H,6-7,10-11,14,31H2,1-5H3,(H,40,41)/t15?,22-,23-,25+,30-/m0/s1. The largest absolute Gasteiger partial charge is 0.480 e. The quantitative estimate of drug-likeness (QED) is 0.355. The van der Waals surface area contributed by atoms with Crippen LogP contribution >= 0.6 is 0 Å². The Bertz CT molecular complexity index is 1560. The Morgan fingerprint density at radius 3 is 2.44 bits per heavy atom. The molecule has 1 unspecified atom stereocenters. The van der Waals surface area contributed by atoms with Crippen molar-refractivity contribution in [1.82, 2.24) is 24.6 Å². The summed E-state index contributed by atoms with van der Waals surface area (Å²) in [6, 6.07) is 2.22. The molecule has 1 aromatic carbocycles. The van der Waals surface area contributed by atoms with Gasteiger partial charge in [-0.1, -0.05) is 13.8 Å². The number of aryl methyl sites for hydroxylation is 2. The van der Waals surface area contributed by atoms with Crippen LogP contribution in [0.15, 0.2) is 24.5 Å². The molecule has 1 aliphatic carbocycles. The number of aliphatic carboxylic acids is 1. The number of nitrogens with zero attached hydrogens (tertiary/aromatic N) is 5. The van der Waals surface area contributed by atoms with Gasteiger partial charge < -0.3 is 15.7 Å². The van der Waals surface area contributed by atoms with E-state index in [9.17, 15) is 19.2 Å². The fourth-order valence-corrected chi connectivity index (χ4v) is 6.33. The van der Waals surface area contributed by atoms with Gasteiger partial charge in [0.15, 0.2) is 11.6 Å².